The van der Waals surface area contributed by atoms with Crippen LogP contribution in [0.1, 0.15) is 29.9 Å². The predicted octanol–water partition coefficient (Wildman–Crippen LogP) is 4.83. The molecule has 4 aromatic rings. The lowest BCUT2D eigenvalue weighted by atomic mass is 9.49. The molecule has 2 saturated heterocycles. The molecule has 6 atom stereocenters. The Bertz CT molecular complexity index is 2270. The van der Waals surface area contributed by atoms with Gasteiger partial charge in [-0.2, -0.15) is 5.01 Å². The molecule has 0 aromatic heterocycles. The molecule has 0 radical (unpaired) electrons. The van der Waals surface area contributed by atoms with E-state index in [0.717, 1.165) is 9.91 Å². The Morgan fingerprint density at radius 1 is 0.944 bits per heavy atom. The Hall–Kier alpha value is -5.02. The number of nitrogens with zero attached hydrogens (tertiary/aromatic N) is 2. The zero-order chi connectivity index (χ0) is 38.2. The predicted molar refractivity (Wildman–Crippen MR) is 200 cm³/mol. The highest BCUT2D eigenvalue weighted by Crippen LogP contribution is 2.64. The minimum absolute atomic E-state index is 0.0109. The topological polar surface area (TPSA) is 157 Å². The monoisotopic (exact) mass is 813 g/mol. The van der Waals surface area contributed by atoms with Crippen molar-refractivity contribution < 1.29 is 43.5 Å². The fraction of sp³-hybridized carbons (Fsp3) is 0.231. The van der Waals surface area contributed by atoms with E-state index in [9.17, 15) is 33.9 Å². The summed E-state index contributed by atoms with van der Waals surface area (Å²) in [6.45, 7) is 0. The second kappa shape index (κ2) is 13.4. The molecule has 2 aliphatic carbocycles. The van der Waals surface area contributed by atoms with Crippen LogP contribution in [0, 0.1) is 29.5 Å². The lowest BCUT2D eigenvalue weighted by Gasteiger charge is -2.50. The van der Waals surface area contributed by atoms with E-state index in [4.69, 9.17) is 16.3 Å². The van der Waals surface area contributed by atoms with Crippen LogP contribution in [0.5, 0.6) is 11.5 Å². The first-order valence-corrected chi connectivity index (χ1v) is 18.3. The van der Waals surface area contributed by atoms with Gasteiger partial charge in [-0.3, -0.25) is 29.5 Å². The summed E-state index contributed by atoms with van der Waals surface area (Å²) in [6, 6.07) is 21.0. The van der Waals surface area contributed by atoms with Crippen molar-refractivity contribution >= 4 is 75.1 Å². The van der Waals surface area contributed by atoms with Crippen LogP contribution in [0.4, 0.5) is 15.8 Å². The first-order chi connectivity index (χ1) is 25.9. The Kier molecular flexibility index (Phi) is 8.92. The third-order valence-electron chi connectivity index (χ3n) is 11.3. The number of ether oxygens (including phenoxy) is 1. The smallest absolute Gasteiger partial charge is 0.488 e. The van der Waals surface area contributed by atoms with Crippen LogP contribution < -0.4 is 20.5 Å². The number of carbonyl (C=O) groups excluding carboxylic acids is 4. The van der Waals surface area contributed by atoms with Gasteiger partial charge < -0.3 is 19.9 Å². The van der Waals surface area contributed by atoms with Gasteiger partial charge in [-0.05, 0) is 112 Å². The summed E-state index contributed by atoms with van der Waals surface area (Å²) in [5, 5.41) is 31.9. The second-order valence-corrected chi connectivity index (χ2v) is 15.2. The maximum Gasteiger partial charge on any atom is 0.488 e. The van der Waals surface area contributed by atoms with E-state index in [1.54, 1.807) is 42.5 Å². The lowest BCUT2D eigenvalue weighted by molar-refractivity contribution is -0.138. The quantitative estimate of drug-likeness (QED) is 0.117. The summed E-state index contributed by atoms with van der Waals surface area (Å²) in [5.74, 6) is -7.19. The van der Waals surface area contributed by atoms with Crippen molar-refractivity contribution in [2.24, 2.45) is 23.7 Å². The zero-order valence-corrected chi connectivity index (χ0v) is 30.8. The van der Waals surface area contributed by atoms with Crippen LogP contribution in [0.2, 0.25) is 5.02 Å². The van der Waals surface area contributed by atoms with Crippen molar-refractivity contribution in [2.75, 3.05) is 17.4 Å². The summed E-state index contributed by atoms with van der Waals surface area (Å²) in [5.41, 5.74) is 3.47. The number of amides is 4. The largest absolute Gasteiger partial charge is 0.503 e. The minimum atomic E-state index is -1.83. The van der Waals surface area contributed by atoms with Crippen LogP contribution in [0.15, 0.2) is 101 Å². The first-order valence-electron chi connectivity index (χ1n) is 17.1. The fourth-order valence-electron chi connectivity index (χ4n) is 9.03. The minimum Gasteiger partial charge on any atom is -0.503 e. The van der Waals surface area contributed by atoms with Gasteiger partial charge in [0, 0.05) is 10.9 Å². The molecule has 0 bridgehead atoms. The molecule has 3 fully saturated rings. The SMILES string of the molecule is COc1cc([C@H]2C3=CC[C@@H]4C(=O)N(c5cccc(B(O)O)c5)C(=O)[C@@H]4[C@@H]3C[C@H]3C(=O)N(Nc4ccc(F)cc4)C(=O)[C@@]23c2ccc(Cl)cc2)cc(Br)c1O. The van der Waals surface area contributed by atoms with E-state index in [2.05, 4.69) is 21.4 Å². The molecule has 11 nitrogen and oxygen atoms in total. The van der Waals surface area contributed by atoms with Gasteiger partial charge in [0.25, 0.3) is 11.8 Å². The zero-order valence-electron chi connectivity index (χ0n) is 28.4. The Morgan fingerprint density at radius 2 is 1.67 bits per heavy atom. The van der Waals surface area contributed by atoms with Crippen molar-refractivity contribution in [3.8, 4) is 11.5 Å². The molecule has 15 heteroatoms. The van der Waals surface area contributed by atoms with Crippen molar-refractivity contribution in [2.45, 2.75) is 24.2 Å². The Morgan fingerprint density at radius 3 is 2.35 bits per heavy atom. The molecule has 4 aliphatic rings. The van der Waals surface area contributed by atoms with E-state index >= 15 is 4.79 Å². The van der Waals surface area contributed by atoms with E-state index in [0.29, 0.717) is 21.7 Å². The number of halogens is 3. The number of nitrogens with one attached hydrogen (secondary N) is 1. The molecule has 4 aromatic carbocycles. The van der Waals surface area contributed by atoms with Crippen molar-refractivity contribution in [1.29, 1.82) is 0 Å². The number of carbonyl (C=O) groups is 4. The fourth-order valence-corrected chi connectivity index (χ4v) is 9.61. The van der Waals surface area contributed by atoms with E-state index in [-0.39, 0.29) is 45.7 Å². The highest BCUT2D eigenvalue weighted by atomic mass is 79.9. The van der Waals surface area contributed by atoms with Gasteiger partial charge in [-0.15, -0.1) is 0 Å². The number of anilines is 2. The highest BCUT2D eigenvalue weighted by Gasteiger charge is 2.70. The number of hydrogen-bond donors (Lipinski definition) is 4. The normalized spacial score (nSPS) is 26.0. The van der Waals surface area contributed by atoms with Crippen LogP contribution in [0.25, 0.3) is 0 Å². The second-order valence-electron chi connectivity index (χ2n) is 13.9. The molecule has 0 spiro atoms. The number of allylic oxidation sites excluding steroid dienone is 2. The molecule has 1 saturated carbocycles. The average Bonchev–Trinajstić information content (AvgIpc) is 3.54. The number of methoxy groups -OCH3 is 1. The number of hydrazine groups is 1. The molecule has 0 unspecified atom stereocenters. The number of phenolic OH excluding ortho intramolecular Hbond substituents is 1. The maximum absolute atomic E-state index is 15.3. The number of phenols is 1. The molecule has 274 valence electrons. The van der Waals surface area contributed by atoms with Gasteiger partial charge in [0.15, 0.2) is 11.5 Å². The summed E-state index contributed by atoms with van der Waals surface area (Å²) >= 11 is 9.80. The molecular formula is C39H31BBrClFN3O8. The third kappa shape index (κ3) is 5.37. The summed E-state index contributed by atoms with van der Waals surface area (Å²) < 4.78 is 19.7. The van der Waals surface area contributed by atoms with Gasteiger partial charge in [0.2, 0.25) is 11.8 Å². The third-order valence-corrected chi connectivity index (χ3v) is 12.1. The maximum atomic E-state index is 15.3. The van der Waals surface area contributed by atoms with Crippen LogP contribution in [-0.2, 0) is 24.6 Å². The van der Waals surface area contributed by atoms with E-state index < -0.39 is 71.6 Å². The number of rotatable bonds is 7. The molecule has 2 heterocycles. The highest BCUT2D eigenvalue weighted by molar-refractivity contribution is 9.10. The van der Waals surface area contributed by atoms with Gasteiger partial charge in [0.05, 0.1) is 46.1 Å². The Labute approximate surface area is 322 Å². The molecule has 2 aliphatic heterocycles. The molecule has 4 amide bonds. The van der Waals surface area contributed by atoms with Crippen LogP contribution >= 0.6 is 27.5 Å². The number of imide groups is 2. The molecule has 8 rings (SSSR count). The average molecular weight is 815 g/mol. The Balaban J connectivity index is 1.33. The van der Waals surface area contributed by atoms with Gasteiger partial charge in [-0.25, -0.2) is 4.39 Å². The molecule has 54 heavy (non-hydrogen) atoms. The van der Waals surface area contributed by atoms with Crippen LogP contribution in [0.3, 0.4) is 0 Å². The number of fused-ring (bicyclic) bond motifs is 4. The van der Waals surface area contributed by atoms with E-state index in [1.807, 2.05) is 6.08 Å². The molecule has 4 N–H and O–H groups in total. The van der Waals surface area contributed by atoms with Crippen molar-refractivity contribution in [3.05, 3.63) is 123 Å². The summed E-state index contributed by atoms with van der Waals surface area (Å²) in [7, 11) is -0.440. The number of hydrogen-bond acceptors (Lipinski definition) is 9. The number of aromatic hydroxyl groups is 1. The van der Waals surface area contributed by atoms with Crippen LogP contribution in [-0.4, -0.2) is 58.0 Å². The molecular weight excluding hydrogens is 784 g/mol. The van der Waals surface area contributed by atoms with Crippen molar-refractivity contribution in [1.82, 2.24) is 5.01 Å². The first kappa shape index (κ1) is 36.0. The van der Waals surface area contributed by atoms with Gasteiger partial charge in [-0.1, -0.05) is 47.5 Å². The summed E-state index contributed by atoms with van der Waals surface area (Å²) in [4.78, 5) is 59.8. The summed E-state index contributed by atoms with van der Waals surface area (Å²) in [6.07, 6.45) is 2.04. The van der Waals surface area contributed by atoms with Crippen molar-refractivity contribution in [3.63, 3.8) is 0 Å². The lowest BCUT2D eigenvalue weighted by Crippen LogP contribution is -2.53. The van der Waals surface area contributed by atoms with Gasteiger partial charge in [0.1, 0.15) is 5.82 Å². The standard InChI is InChI=1S/C39H31BBrClFN3O8/c1-54-31-16-19(15-30(41)34(31)47)33-26-13-14-27-32(37(50)45(35(27)48)25-4-2-3-21(17-25)40(52)53)28(26)18-29-36(49)46(44-24-11-9-23(43)10-12-24)38(51)39(29,33)20-5-7-22(42)8-6-20/h2-13,15-17,27-29,32-33,44,47,52-53H,14,18H2,1H3/t27-,28+,29-,32-,33-,39+/m0/s1. The van der Waals surface area contributed by atoms with Gasteiger partial charge >= 0.3 is 7.12 Å². The van der Waals surface area contributed by atoms with E-state index in [1.165, 1.54) is 49.6 Å². The number of benzene rings is 4.